The standard InChI is InChI=1S/C22H19FN2O4.C16H15IN2O4.C6H6BFO2/c1-14-11-21(17-5-7-18(23)8-6-17)20(12-22(14)26)15(2)24-29-13-16-3-9-19(10-4-16)25(27)28;1-10-7-15(17)14(8-16(10)20)11(2)18-23-9-12-3-5-13(6-4-12)19(21)22;8-6-3-1-5(2-4-6)7(9)10/h3-12,26H,13H2,1-2H3;3-8,20H,9H2,1-2H3;1-4,9-10H/b24-15+;18-11+;. The van der Waals surface area contributed by atoms with Crippen molar-refractivity contribution in [1.29, 1.82) is 0 Å². The molecule has 0 aliphatic carbocycles. The minimum absolute atomic E-state index is 0.00695. The van der Waals surface area contributed by atoms with E-state index in [-0.39, 0.29) is 47.7 Å². The summed E-state index contributed by atoms with van der Waals surface area (Å²) >= 11 is 2.18. The molecule has 0 saturated heterocycles. The van der Waals surface area contributed by atoms with Gasteiger partial charge in [0.25, 0.3) is 11.4 Å². The second kappa shape index (κ2) is 22.7. The molecule has 18 heteroatoms. The van der Waals surface area contributed by atoms with Gasteiger partial charge in [-0.1, -0.05) is 34.6 Å². The Morgan fingerprint density at radius 3 is 1.48 bits per heavy atom. The molecule has 4 N–H and O–H groups in total. The molecule has 0 atom stereocenters. The lowest BCUT2D eigenvalue weighted by Gasteiger charge is -2.12. The number of rotatable bonds is 12. The molecule has 0 aliphatic heterocycles. The largest absolute Gasteiger partial charge is 0.508 e. The van der Waals surface area contributed by atoms with E-state index in [0.29, 0.717) is 28.0 Å². The van der Waals surface area contributed by atoms with E-state index in [1.807, 2.05) is 19.1 Å². The van der Waals surface area contributed by atoms with Gasteiger partial charge >= 0.3 is 7.12 Å². The lowest BCUT2D eigenvalue weighted by Crippen LogP contribution is -2.29. The predicted molar refractivity (Wildman–Crippen MR) is 240 cm³/mol. The summed E-state index contributed by atoms with van der Waals surface area (Å²) in [5.74, 6) is -0.381. The monoisotopic (exact) mass is 960 g/mol. The summed E-state index contributed by atoms with van der Waals surface area (Å²) in [5, 5.41) is 66.5. The molecule has 0 aliphatic rings. The predicted octanol–water partition coefficient (Wildman–Crippen LogP) is 9.02. The summed E-state index contributed by atoms with van der Waals surface area (Å²) in [4.78, 5) is 31.1. The van der Waals surface area contributed by atoms with Crippen LogP contribution in [0.25, 0.3) is 11.1 Å². The van der Waals surface area contributed by atoms with Crippen molar-refractivity contribution < 1.29 is 48.6 Å². The smallest absolute Gasteiger partial charge is 0.488 e. The molecule has 0 spiro atoms. The molecule has 0 heterocycles. The van der Waals surface area contributed by atoms with Crippen molar-refractivity contribution in [2.24, 2.45) is 10.3 Å². The number of hydrogen-bond acceptors (Lipinski definition) is 12. The van der Waals surface area contributed by atoms with Crippen molar-refractivity contribution in [3.8, 4) is 22.6 Å². The number of nitro groups is 2. The second-order valence-electron chi connectivity index (χ2n) is 13.5. The van der Waals surface area contributed by atoms with Gasteiger partial charge in [-0.15, -0.1) is 0 Å². The molecule has 0 saturated carbocycles. The number of phenols is 2. The highest BCUT2D eigenvalue weighted by molar-refractivity contribution is 14.1. The van der Waals surface area contributed by atoms with Gasteiger partial charge in [-0.05, 0) is 162 Å². The molecule has 6 aromatic carbocycles. The fourth-order valence-electron chi connectivity index (χ4n) is 5.37. The fraction of sp³-hybridized carbons (Fsp3) is 0.136. The van der Waals surface area contributed by atoms with Crippen LogP contribution in [0.2, 0.25) is 0 Å². The number of phenolic OH excluding ortho intramolecular Hbond substituents is 2. The molecule has 320 valence electrons. The molecular formula is C44H40BF2IN4O10. The van der Waals surface area contributed by atoms with Gasteiger partial charge in [-0.2, -0.15) is 0 Å². The van der Waals surface area contributed by atoms with Crippen LogP contribution in [0.1, 0.15) is 47.2 Å². The highest BCUT2D eigenvalue weighted by Gasteiger charge is 2.14. The first-order valence-corrected chi connectivity index (χ1v) is 19.5. The number of aromatic hydroxyl groups is 2. The van der Waals surface area contributed by atoms with Crippen LogP contribution in [0.3, 0.4) is 0 Å². The highest BCUT2D eigenvalue weighted by atomic mass is 127. The molecule has 0 unspecified atom stereocenters. The molecule has 0 radical (unpaired) electrons. The lowest BCUT2D eigenvalue weighted by atomic mass is 9.80. The zero-order valence-corrected chi connectivity index (χ0v) is 35.9. The minimum atomic E-state index is -1.51. The zero-order chi connectivity index (χ0) is 45.5. The molecular weight excluding hydrogens is 920 g/mol. The van der Waals surface area contributed by atoms with E-state index in [0.717, 1.165) is 37.0 Å². The quantitative estimate of drug-likeness (QED) is 0.0301. The van der Waals surface area contributed by atoms with E-state index in [9.17, 15) is 39.2 Å². The van der Waals surface area contributed by atoms with Crippen molar-refractivity contribution in [3.63, 3.8) is 0 Å². The Morgan fingerprint density at radius 2 is 1.05 bits per heavy atom. The molecule has 6 rings (SSSR count). The topological polar surface area (TPSA) is 210 Å². The Kier molecular flexibility index (Phi) is 17.6. The Bertz CT molecular complexity index is 2540. The van der Waals surface area contributed by atoms with E-state index in [1.54, 1.807) is 69.3 Å². The van der Waals surface area contributed by atoms with Crippen LogP contribution in [0, 0.1) is 49.3 Å². The molecule has 0 bridgehead atoms. The van der Waals surface area contributed by atoms with Gasteiger partial charge in [0.1, 0.15) is 36.3 Å². The maximum atomic E-state index is 13.3. The molecule has 0 aromatic heterocycles. The summed E-state index contributed by atoms with van der Waals surface area (Å²) in [6.45, 7) is 7.50. The zero-order valence-electron chi connectivity index (χ0n) is 33.7. The van der Waals surface area contributed by atoms with E-state index in [1.165, 1.54) is 60.7 Å². The van der Waals surface area contributed by atoms with Gasteiger partial charge < -0.3 is 29.9 Å². The van der Waals surface area contributed by atoms with Crippen LogP contribution in [0.15, 0.2) is 132 Å². The van der Waals surface area contributed by atoms with Gasteiger partial charge in [0.05, 0.1) is 21.3 Å². The van der Waals surface area contributed by atoms with Crippen molar-refractivity contribution >= 4 is 58.0 Å². The van der Waals surface area contributed by atoms with Crippen LogP contribution < -0.4 is 5.46 Å². The van der Waals surface area contributed by atoms with Gasteiger partial charge in [0.2, 0.25) is 0 Å². The third kappa shape index (κ3) is 14.2. The first-order chi connectivity index (χ1) is 29.4. The maximum Gasteiger partial charge on any atom is 0.488 e. The number of halogens is 3. The van der Waals surface area contributed by atoms with E-state index in [2.05, 4.69) is 32.9 Å². The van der Waals surface area contributed by atoms with E-state index in [4.69, 9.17) is 19.7 Å². The first-order valence-electron chi connectivity index (χ1n) is 18.4. The Labute approximate surface area is 369 Å². The molecule has 62 heavy (non-hydrogen) atoms. The van der Waals surface area contributed by atoms with Crippen molar-refractivity contribution in [1.82, 2.24) is 0 Å². The fourth-order valence-corrected chi connectivity index (χ4v) is 6.38. The molecule has 0 fully saturated rings. The summed E-state index contributed by atoms with van der Waals surface area (Å²) in [6.07, 6.45) is 0. The number of nitro benzene ring substituents is 2. The molecule has 14 nitrogen and oxygen atoms in total. The summed E-state index contributed by atoms with van der Waals surface area (Å²) in [7, 11) is -1.51. The van der Waals surface area contributed by atoms with Gasteiger partial charge in [-0.3, -0.25) is 20.2 Å². The third-order valence-electron chi connectivity index (χ3n) is 8.88. The molecule has 0 amide bonds. The Morgan fingerprint density at radius 1 is 0.645 bits per heavy atom. The number of nitrogens with zero attached hydrogens (tertiary/aromatic N) is 4. The van der Waals surface area contributed by atoms with Crippen LogP contribution >= 0.6 is 22.6 Å². The normalized spacial score (nSPS) is 11.0. The average Bonchev–Trinajstić information content (AvgIpc) is 3.24. The SMILES string of the molecule is C/C(=N\OCc1ccc([N+](=O)[O-])cc1)c1cc(O)c(C)cc1-c1ccc(F)cc1.C/C(=N\OCc1ccc([N+](=O)[O-])cc1)c1cc(O)c(C)cc1I.OB(O)c1ccc(F)cc1. The lowest BCUT2D eigenvalue weighted by molar-refractivity contribution is -0.385. The van der Waals surface area contributed by atoms with Crippen molar-refractivity contribution in [3.05, 3.63) is 190 Å². The van der Waals surface area contributed by atoms with Crippen molar-refractivity contribution in [2.45, 2.75) is 40.9 Å². The summed E-state index contributed by atoms with van der Waals surface area (Å²) in [5.41, 5.74) is 7.56. The van der Waals surface area contributed by atoms with Gasteiger partial charge in [-0.25, -0.2) is 8.78 Å². The van der Waals surface area contributed by atoms with Crippen LogP contribution in [0.4, 0.5) is 20.2 Å². The van der Waals surface area contributed by atoms with Crippen LogP contribution in [-0.2, 0) is 22.9 Å². The third-order valence-corrected chi connectivity index (χ3v) is 9.78. The van der Waals surface area contributed by atoms with Crippen LogP contribution in [0.5, 0.6) is 11.5 Å². The number of benzene rings is 6. The van der Waals surface area contributed by atoms with Crippen LogP contribution in [-0.4, -0.2) is 48.6 Å². The number of aryl methyl sites for hydroxylation is 2. The minimum Gasteiger partial charge on any atom is -0.508 e. The average molecular weight is 961 g/mol. The van der Waals surface area contributed by atoms with Crippen molar-refractivity contribution in [2.75, 3.05) is 0 Å². The molecule has 6 aromatic rings. The first kappa shape index (κ1) is 47.9. The summed E-state index contributed by atoms with van der Waals surface area (Å²) in [6, 6.07) is 30.1. The van der Waals surface area contributed by atoms with E-state index >= 15 is 0 Å². The second-order valence-corrected chi connectivity index (χ2v) is 14.6. The van der Waals surface area contributed by atoms with Gasteiger partial charge in [0.15, 0.2) is 0 Å². The number of non-ortho nitro benzene ring substituents is 2. The maximum absolute atomic E-state index is 13.3. The summed E-state index contributed by atoms with van der Waals surface area (Å²) < 4.78 is 26.4. The number of oxime groups is 2. The van der Waals surface area contributed by atoms with E-state index < -0.39 is 17.0 Å². The highest BCUT2D eigenvalue weighted by Crippen LogP contribution is 2.31. The van der Waals surface area contributed by atoms with Gasteiger partial charge in [0, 0.05) is 39.0 Å². The Hall–Kier alpha value is -6.77. The Balaban J connectivity index is 0.000000227. The number of hydrogen-bond donors (Lipinski definition) is 4.